The topological polar surface area (TPSA) is 92.2 Å². The zero-order valence-corrected chi connectivity index (χ0v) is 14.1. The Bertz CT molecular complexity index is 34.0. The molecule has 0 saturated heterocycles. The maximum Gasteiger partial charge on any atom is 2.00 e. The van der Waals surface area contributed by atoms with Gasteiger partial charge in [-0.15, -0.1) is 0 Å². The second-order valence-electron chi connectivity index (χ2n) is 0.500. The third-order valence-electron chi connectivity index (χ3n) is 0. The minimum Gasteiger partial charge on any atom is -1.00 e. The molecule has 0 aliphatic carbocycles. The van der Waals surface area contributed by atoms with E-state index in [0.29, 0.717) is 0 Å². The van der Waals surface area contributed by atoms with Crippen LogP contribution in [0.2, 0.25) is 0 Å². The molecule has 10 heavy (non-hydrogen) atoms. The van der Waals surface area contributed by atoms with Gasteiger partial charge in [-0.2, -0.15) is 0 Å². The van der Waals surface area contributed by atoms with Gasteiger partial charge in [-0.3, -0.25) is 0 Å². The first-order valence-electron chi connectivity index (χ1n) is 0.816. The summed E-state index contributed by atoms with van der Waals surface area (Å²) in [5.74, 6) is 0. The predicted molar refractivity (Wildman–Crippen MR) is 23.0 cm³/mol. The van der Waals surface area contributed by atoms with Gasteiger partial charge in [0.05, 0.1) is 0 Å². The molecule has 0 aliphatic rings. The number of rotatable bonds is 0. The molecule has 4 nitrogen and oxygen atoms in total. The van der Waals surface area contributed by atoms with Crippen molar-refractivity contribution >= 4 is 122 Å². The maximum atomic E-state index is 8.58. The van der Waals surface area contributed by atoms with Crippen LogP contribution in [0.15, 0.2) is 0 Å². The van der Waals surface area contributed by atoms with Crippen LogP contribution in [0.5, 0.6) is 0 Å². The van der Waals surface area contributed by atoms with Gasteiger partial charge in [0.1, 0.15) is 0 Å². The van der Waals surface area contributed by atoms with Crippen molar-refractivity contribution < 1.29 is 44.0 Å². The fourth-order valence-electron chi connectivity index (χ4n) is 0. The quantitative estimate of drug-likeness (QED) is 0.413. The second-order valence-corrected chi connectivity index (χ2v) is 1.50. The van der Waals surface area contributed by atoms with Crippen molar-refractivity contribution in [3.8, 4) is 0 Å². The van der Waals surface area contributed by atoms with Crippen LogP contribution < -0.4 is 44.0 Å². The first-order chi connectivity index (χ1) is 2.00. The van der Waals surface area contributed by atoms with Crippen LogP contribution >= 0.6 is 0 Å². The Morgan fingerprint density at radius 1 is 0.600 bits per heavy atom. The second kappa shape index (κ2) is 19.1. The molecule has 0 fully saturated rings. The summed E-state index contributed by atoms with van der Waals surface area (Å²) in [5.41, 5.74) is 0. The summed E-state index contributed by atoms with van der Waals surface area (Å²) in [5, 5.41) is 0. The Hall–Kier alpha value is 4.42. The average Bonchev–Trinajstić information content (AvgIpc) is 0.722. The van der Waals surface area contributed by atoms with Gasteiger partial charge in [0.15, 0.2) is 0 Å². The number of hydrogen-bond donors (Lipinski definition) is 0. The molecule has 0 rings (SSSR count). The molecule has 10 heteroatoms. The molecule has 0 spiro atoms. The Morgan fingerprint density at radius 2 is 0.600 bits per heavy atom. The summed E-state index contributed by atoms with van der Waals surface area (Å²) in [7, 11) is -5.61. The van der Waals surface area contributed by atoms with Crippen molar-refractivity contribution in [2.45, 2.75) is 0 Å². The molecule has 0 N–H and O–H groups in total. The first-order valence-corrected chi connectivity index (χ1v) is 2.45. The monoisotopic (exact) mass is 282 g/mol. The molecule has 48 valence electrons. The van der Waals surface area contributed by atoms with E-state index in [2.05, 4.69) is 0 Å². The minimum atomic E-state index is -5.61. The molecule has 0 bridgehead atoms. The van der Waals surface area contributed by atoms with Crippen LogP contribution in [0.3, 0.4) is 0 Å². The Kier molecular flexibility index (Phi) is 69.8. The molecule has 0 atom stereocenters. The average molecular weight is 283 g/mol. The Morgan fingerprint density at radius 3 is 0.600 bits per heavy atom. The Labute approximate surface area is 162 Å². The number of hydrogen-bond acceptors (Lipinski definition) is 4. The SMILES string of the molecule is [Ca+2].[Ca+2].[Ca+2].[Cl-].[Cl-].[O-][Si]([O-])([O-])[O-]. The van der Waals surface area contributed by atoms with E-state index in [-0.39, 0.29) is 138 Å². The van der Waals surface area contributed by atoms with Gasteiger partial charge in [0.2, 0.25) is 0 Å². The van der Waals surface area contributed by atoms with Crippen LogP contribution in [0.1, 0.15) is 0 Å². The van der Waals surface area contributed by atoms with Gasteiger partial charge < -0.3 is 53.0 Å². The fraction of sp³-hybridized carbons (Fsp3) is 0. The molecule has 0 heterocycles. The zero-order valence-electron chi connectivity index (χ0n) is 5.01. The molecule has 0 aromatic carbocycles. The molecule has 0 aromatic rings. The van der Waals surface area contributed by atoms with E-state index in [1.807, 2.05) is 0 Å². The van der Waals surface area contributed by atoms with Gasteiger partial charge in [-0.25, -0.2) is 0 Å². The Balaban J connectivity index is -0.00000000800. The predicted octanol–water partition coefficient (Wildman–Crippen LogP) is -12.3. The van der Waals surface area contributed by atoms with Crippen LogP contribution in [-0.2, 0) is 0 Å². The fourth-order valence-corrected chi connectivity index (χ4v) is 0. The summed E-state index contributed by atoms with van der Waals surface area (Å²) in [6.45, 7) is 0. The van der Waals surface area contributed by atoms with E-state index in [4.69, 9.17) is 19.2 Å². The smallest absolute Gasteiger partial charge is 1.00 e. The van der Waals surface area contributed by atoms with E-state index in [1.165, 1.54) is 0 Å². The van der Waals surface area contributed by atoms with E-state index < -0.39 is 9.05 Å². The van der Waals surface area contributed by atoms with Crippen LogP contribution in [0, 0.1) is 0 Å². The minimum absolute atomic E-state index is 0. The van der Waals surface area contributed by atoms with Gasteiger partial charge >= 0.3 is 113 Å². The largest absolute Gasteiger partial charge is 2.00 e. The van der Waals surface area contributed by atoms with Crippen molar-refractivity contribution in [2.75, 3.05) is 0 Å². The molecule has 0 aliphatic heterocycles. The van der Waals surface area contributed by atoms with Crippen LogP contribution in [0.4, 0.5) is 0 Å². The summed E-state index contributed by atoms with van der Waals surface area (Å²) >= 11 is 0. The third kappa shape index (κ3) is 83.0. The standard InChI is InChI=1S/3Ca.2ClH.O4Si/c;;;;;1-5(2,3)4/h;;;2*1H;/q3*+2;;;-4/p-2. The summed E-state index contributed by atoms with van der Waals surface area (Å²) < 4.78 is 0. The molecular formula is Ca3Cl2O4Si. The normalized spacial score (nSPS) is 6.00. The summed E-state index contributed by atoms with van der Waals surface area (Å²) in [6.07, 6.45) is 0. The van der Waals surface area contributed by atoms with Crippen molar-refractivity contribution in [3.05, 3.63) is 0 Å². The van der Waals surface area contributed by atoms with Gasteiger partial charge in [-0.05, 0) is 0 Å². The van der Waals surface area contributed by atoms with E-state index in [1.54, 1.807) is 0 Å². The molecule has 0 amide bonds. The molecule has 0 aromatic heterocycles. The number of halogens is 2. The molecule has 0 unspecified atom stereocenters. The summed E-state index contributed by atoms with van der Waals surface area (Å²) in [6, 6.07) is 0. The van der Waals surface area contributed by atoms with Gasteiger partial charge in [0.25, 0.3) is 0 Å². The van der Waals surface area contributed by atoms with E-state index in [9.17, 15) is 0 Å². The first kappa shape index (κ1) is 36.6. The van der Waals surface area contributed by atoms with Gasteiger partial charge in [-0.1, -0.05) is 0 Å². The maximum absolute atomic E-state index is 8.58. The van der Waals surface area contributed by atoms with Crippen molar-refractivity contribution in [2.24, 2.45) is 0 Å². The van der Waals surface area contributed by atoms with E-state index >= 15 is 0 Å². The van der Waals surface area contributed by atoms with Crippen molar-refractivity contribution in [1.82, 2.24) is 0 Å². The van der Waals surface area contributed by atoms with Gasteiger partial charge in [0, 0.05) is 0 Å². The van der Waals surface area contributed by atoms with E-state index in [0.717, 1.165) is 0 Å². The summed E-state index contributed by atoms with van der Waals surface area (Å²) in [4.78, 5) is 34.3. The van der Waals surface area contributed by atoms with Crippen LogP contribution in [-0.4, -0.2) is 122 Å². The molecular weight excluding hydrogens is 283 g/mol. The van der Waals surface area contributed by atoms with Crippen molar-refractivity contribution in [1.29, 1.82) is 0 Å². The third-order valence-corrected chi connectivity index (χ3v) is 0. The van der Waals surface area contributed by atoms with Crippen LogP contribution in [0.25, 0.3) is 0 Å². The molecule has 0 saturated carbocycles. The van der Waals surface area contributed by atoms with Crippen molar-refractivity contribution in [3.63, 3.8) is 0 Å². The molecule has 0 radical (unpaired) electrons. The zero-order chi connectivity index (χ0) is 4.50.